The van der Waals surface area contributed by atoms with Crippen molar-refractivity contribution in [2.75, 3.05) is 33.7 Å². The predicted octanol–water partition coefficient (Wildman–Crippen LogP) is 2.59. The second kappa shape index (κ2) is 7.56. The Labute approximate surface area is 155 Å². The number of likely N-dealkylation sites (tertiary alicyclic amines) is 1. The van der Waals surface area contributed by atoms with Gasteiger partial charge in [0.2, 0.25) is 0 Å². The Morgan fingerprint density at radius 1 is 1.23 bits per heavy atom. The molecule has 0 saturated carbocycles. The molecule has 1 aromatic carbocycles. The highest BCUT2D eigenvalue weighted by molar-refractivity contribution is 5.94. The summed E-state index contributed by atoms with van der Waals surface area (Å²) < 4.78 is 0. The monoisotopic (exact) mass is 353 g/mol. The number of carbonyl (C=O) groups is 1. The molecule has 1 N–H and O–H groups in total. The molecule has 0 radical (unpaired) electrons. The highest BCUT2D eigenvalue weighted by atomic mass is 16.3. The average molecular weight is 353 g/mol. The minimum absolute atomic E-state index is 0.0226. The molecule has 2 aromatic rings. The van der Waals surface area contributed by atoms with Crippen molar-refractivity contribution in [1.82, 2.24) is 14.8 Å². The smallest absolute Gasteiger partial charge is 0.253 e. The van der Waals surface area contributed by atoms with Crippen molar-refractivity contribution >= 4 is 5.91 Å². The van der Waals surface area contributed by atoms with E-state index in [1.165, 1.54) is 0 Å². The number of amides is 1. The summed E-state index contributed by atoms with van der Waals surface area (Å²) in [7, 11) is 3.88. The highest BCUT2D eigenvalue weighted by Gasteiger charge is 2.35. The third-order valence-electron chi connectivity index (χ3n) is 4.77. The van der Waals surface area contributed by atoms with Crippen LogP contribution in [-0.2, 0) is 0 Å². The van der Waals surface area contributed by atoms with Crippen LogP contribution in [0.1, 0.15) is 28.9 Å². The highest BCUT2D eigenvalue weighted by Crippen LogP contribution is 2.24. The maximum atomic E-state index is 12.9. The van der Waals surface area contributed by atoms with Crippen LogP contribution < -0.4 is 0 Å². The lowest BCUT2D eigenvalue weighted by molar-refractivity contribution is -0.0391. The first-order chi connectivity index (χ1) is 12.4. The fraction of sp³-hybridized carbons (Fsp3) is 0.429. The van der Waals surface area contributed by atoms with E-state index in [0.717, 1.165) is 29.8 Å². The number of benzene rings is 1. The SMILES string of the molecule is Cc1cccc(-c2ccc(C(=O)N3CCCC(O)(CN(C)C)C3)cc2)n1. The molecular weight excluding hydrogens is 326 g/mol. The number of β-amino-alcohol motifs (C(OH)–C–C–N with tert-alkyl or cyclic N) is 1. The first kappa shape index (κ1) is 18.5. The zero-order valence-electron chi connectivity index (χ0n) is 15.8. The van der Waals surface area contributed by atoms with Crippen LogP contribution in [0.5, 0.6) is 0 Å². The first-order valence-corrected chi connectivity index (χ1v) is 9.07. The molecule has 1 saturated heterocycles. The number of hydrogen-bond donors (Lipinski definition) is 1. The van der Waals surface area contributed by atoms with Crippen molar-refractivity contribution < 1.29 is 9.90 Å². The number of aryl methyl sites for hydroxylation is 1. The zero-order valence-corrected chi connectivity index (χ0v) is 15.8. The van der Waals surface area contributed by atoms with Crippen LogP contribution >= 0.6 is 0 Å². The molecule has 1 aliphatic rings. The summed E-state index contributed by atoms with van der Waals surface area (Å²) in [6.07, 6.45) is 1.55. The van der Waals surface area contributed by atoms with Gasteiger partial charge in [0, 0.05) is 29.9 Å². The lowest BCUT2D eigenvalue weighted by atomic mass is 9.92. The topological polar surface area (TPSA) is 56.7 Å². The molecule has 0 bridgehead atoms. The van der Waals surface area contributed by atoms with E-state index in [1.54, 1.807) is 4.90 Å². The van der Waals surface area contributed by atoms with Crippen molar-refractivity contribution in [3.05, 3.63) is 53.7 Å². The van der Waals surface area contributed by atoms with Crippen molar-refractivity contribution in [2.24, 2.45) is 0 Å². The third-order valence-corrected chi connectivity index (χ3v) is 4.77. The second-order valence-electron chi connectivity index (χ2n) is 7.53. The molecule has 26 heavy (non-hydrogen) atoms. The van der Waals surface area contributed by atoms with E-state index in [9.17, 15) is 9.90 Å². The van der Waals surface area contributed by atoms with Gasteiger partial charge in [0.1, 0.15) is 0 Å². The summed E-state index contributed by atoms with van der Waals surface area (Å²) in [6, 6.07) is 13.5. The molecule has 5 heteroatoms. The van der Waals surface area contributed by atoms with Gasteiger partial charge >= 0.3 is 0 Å². The Kier molecular flexibility index (Phi) is 5.39. The average Bonchev–Trinajstić information content (AvgIpc) is 2.60. The van der Waals surface area contributed by atoms with Gasteiger partial charge in [0.05, 0.1) is 17.8 Å². The molecule has 138 valence electrons. The van der Waals surface area contributed by atoms with Crippen LogP contribution in [0.15, 0.2) is 42.5 Å². The van der Waals surface area contributed by atoms with E-state index in [2.05, 4.69) is 4.98 Å². The zero-order chi connectivity index (χ0) is 18.7. The third kappa shape index (κ3) is 4.29. The molecule has 0 aliphatic carbocycles. The quantitative estimate of drug-likeness (QED) is 0.918. The minimum Gasteiger partial charge on any atom is -0.387 e. The van der Waals surface area contributed by atoms with Gasteiger partial charge in [-0.05, 0) is 58.1 Å². The Hall–Kier alpha value is -2.24. The molecule has 1 amide bonds. The van der Waals surface area contributed by atoms with Gasteiger partial charge in [0.25, 0.3) is 5.91 Å². The molecule has 1 aromatic heterocycles. The maximum absolute atomic E-state index is 12.9. The lowest BCUT2D eigenvalue weighted by Gasteiger charge is -2.40. The van der Waals surface area contributed by atoms with Crippen LogP contribution in [0.3, 0.4) is 0 Å². The predicted molar refractivity (Wildman–Crippen MR) is 103 cm³/mol. The van der Waals surface area contributed by atoms with E-state index in [1.807, 2.05) is 68.4 Å². The number of likely N-dealkylation sites (N-methyl/N-ethyl adjacent to an activating group) is 1. The van der Waals surface area contributed by atoms with Crippen LogP contribution in [0.4, 0.5) is 0 Å². The van der Waals surface area contributed by atoms with E-state index in [0.29, 0.717) is 25.2 Å². The van der Waals surface area contributed by atoms with Gasteiger partial charge in [-0.3, -0.25) is 9.78 Å². The number of aliphatic hydroxyl groups is 1. The van der Waals surface area contributed by atoms with Gasteiger partial charge in [-0.1, -0.05) is 18.2 Å². The van der Waals surface area contributed by atoms with Gasteiger partial charge in [-0.25, -0.2) is 0 Å². The molecule has 3 rings (SSSR count). The molecular formula is C21H27N3O2. The molecule has 5 nitrogen and oxygen atoms in total. The lowest BCUT2D eigenvalue weighted by Crippen LogP contribution is -2.54. The minimum atomic E-state index is -0.831. The van der Waals surface area contributed by atoms with Gasteiger partial charge in [0.15, 0.2) is 0 Å². The second-order valence-corrected chi connectivity index (χ2v) is 7.53. The molecule has 0 spiro atoms. The molecule has 1 atom stereocenters. The van der Waals surface area contributed by atoms with E-state index < -0.39 is 5.60 Å². The fourth-order valence-electron chi connectivity index (χ4n) is 3.67. The molecule has 1 unspecified atom stereocenters. The summed E-state index contributed by atoms with van der Waals surface area (Å²) in [5.41, 5.74) is 2.69. The van der Waals surface area contributed by atoms with Gasteiger partial charge in [-0.2, -0.15) is 0 Å². The summed E-state index contributed by atoms with van der Waals surface area (Å²) in [4.78, 5) is 21.1. The Morgan fingerprint density at radius 2 is 1.96 bits per heavy atom. The normalized spacial score (nSPS) is 20.4. The van der Waals surface area contributed by atoms with Crippen LogP contribution in [0.2, 0.25) is 0 Å². The summed E-state index contributed by atoms with van der Waals surface area (Å²) in [5.74, 6) is -0.0226. The fourth-order valence-corrected chi connectivity index (χ4v) is 3.67. The number of hydrogen-bond acceptors (Lipinski definition) is 4. The van der Waals surface area contributed by atoms with Crippen LogP contribution in [0.25, 0.3) is 11.3 Å². The molecule has 1 fully saturated rings. The van der Waals surface area contributed by atoms with E-state index >= 15 is 0 Å². The summed E-state index contributed by atoms with van der Waals surface area (Å²) in [6.45, 7) is 3.60. The van der Waals surface area contributed by atoms with Gasteiger partial charge < -0.3 is 14.9 Å². The Bertz CT molecular complexity index is 773. The number of rotatable bonds is 4. The number of aromatic nitrogens is 1. The standard InChI is InChI=1S/C21H27N3O2/c1-16-6-4-7-19(22-16)17-8-10-18(11-9-17)20(25)24-13-5-12-21(26,15-24)14-23(2)3/h4,6-11,26H,5,12-15H2,1-3H3. The number of pyridine rings is 1. The molecule has 1 aliphatic heterocycles. The Morgan fingerprint density at radius 3 is 2.62 bits per heavy atom. The molecule has 2 heterocycles. The summed E-state index contributed by atoms with van der Waals surface area (Å²) in [5, 5.41) is 10.8. The van der Waals surface area contributed by atoms with E-state index in [4.69, 9.17) is 0 Å². The van der Waals surface area contributed by atoms with Crippen molar-refractivity contribution in [2.45, 2.75) is 25.4 Å². The number of carbonyl (C=O) groups excluding carboxylic acids is 1. The first-order valence-electron chi connectivity index (χ1n) is 9.07. The van der Waals surface area contributed by atoms with Crippen molar-refractivity contribution in [3.63, 3.8) is 0 Å². The van der Waals surface area contributed by atoms with Gasteiger partial charge in [-0.15, -0.1) is 0 Å². The van der Waals surface area contributed by atoms with E-state index in [-0.39, 0.29) is 5.91 Å². The largest absolute Gasteiger partial charge is 0.387 e. The number of piperidine rings is 1. The maximum Gasteiger partial charge on any atom is 0.253 e. The summed E-state index contributed by atoms with van der Waals surface area (Å²) >= 11 is 0. The Balaban J connectivity index is 1.73. The van der Waals surface area contributed by atoms with Crippen LogP contribution in [-0.4, -0.2) is 65.1 Å². The number of nitrogens with zero attached hydrogens (tertiary/aromatic N) is 3. The van der Waals surface area contributed by atoms with Crippen molar-refractivity contribution in [1.29, 1.82) is 0 Å². The van der Waals surface area contributed by atoms with Crippen LogP contribution in [0, 0.1) is 6.92 Å². The van der Waals surface area contributed by atoms with Crippen molar-refractivity contribution in [3.8, 4) is 11.3 Å².